The molecule has 0 unspecified atom stereocenters. The van der Waals surface area contributed by atoms with Crippen LogP contribution in [0.3, 0.4) is 0 Å². The van der Waals surface area contributed by atoms with Crippen molar-refractivity contribution >= 4 is 32.9 Å². The number of ether oxygens (including phenoxy) is 1. The van der Waals surface area contributed by atoms with Gasteiger partial charge in [0.2, 0.25) is 10.0 Å². The van der Waals surface area contributed by atoms with Gasteiger partial charge in [0, 0.05) is 17.8 Å². The summed E-state index contributed by atoms with van der Waals surface area (Å²) in [5.41, 5.74) is 4.30. The third-order valence-corrected chi connectivity index (χ3v) is 8.45. The molecule has 0 saturated heterocycles. The van der Waals surface area contributed by atoms with Gasteiger partial charge in [0.1, 0.15) is 12.6 Å². The second-order valence-corrected chi connectivity index (χ2v) is 11.1. The average Bonchev–Trinajstić information content (AvgIpc) is 3.26. The number of nitrogens with one attached hydrogen (secondary N) is 2. The molecule has 0 heterocycles. The lowest BCUT2D eigenvalue weighted by atomic mass is 9.98. The number of aliphatic carboxylic acids is 1. The van der Waals surface area contributed by atoms with Crippen LogP contribution >= 0.6 is 0 Å². The Labute approximate surface area is 226 Å². The van der Waals surface area contributed by atoms with Crippen molar-refractivity contribution in [2.24, 2.45) is 0 Å². The fraction of sp³-hybridized carbons (Fsp3) is 0.200. The van der Waals surface area contributed by atoms with E-state index in [1.807, 2.05) is 66.7 Å². The molecule has 0 spiro atoms. The van der Waals surface area contributed by atoms with Crippen LogP contribution in [0.25, 0.3) is 21.9 Å². The molecule has 1 aliphatic rings. The molecular weight excluding hydrogens is 516 g/mol. The predicted octanol–water partition coefficient (Wildman–Crippen LogP) is 4.89. The molecule has 0 saturated carbocycles. The number of sulfonamides is 1. The van der Waals surface area contributed by atoms with Crippen LogP contribution in [0, 0.1) is 0 Å². The number of hydrogen-bond donors (Lipinski definition) is 3. The van der Waals surface area contributed by atoms with Gasteiger partial charge in [0.15, 0.2) is 0 Å². The molecular formula is C30H28N2O6S. The monoisotopic (exact) mass is 544 g/mol. The minimum absolute atomic E-state index is 0.0156. The summed E-state index contributed by atoms with van der Waals surface area (Å²) in [5.74, 6) is -1.37. The molecule has 9 heteroatoms. The van der Waals surface area contributed by atoms with Crippen LogP contribution in [0.2, 0.25) is 0 Å². The Morgan fingerprint density at radius 3 is 2.15 bits per heavy atom. The molecule has 1 amide bonds. The number of rotatable bonds is 10. The lowest BCUT2D eigenvalue weighted by Crippen LogP contribution is -2.42. The summed E-state index contributed by atoms with van der Waals surface area (Å²) >= 11 is 0. The molecule has 200 valence electrons. The van der Waals surface area contributed by atoms with E-state index in [4.69, 9.17) is 4.74 Å². The molecule has 1 atom stereocenters. The zero-order chi connectivity index (χ0) is 27.4. The van der Waals surface area contributed by atoms with Gasteiger partial charge >= 0.3 is 12.1 Å². The van der Waals surface area contributed by atoms with Gasteiger partial charge in [-0.1, -0.05) is 84.9 Å². The molecule has 39 heavy (non-hydrogen) atoms. The molecule has 3 N–H and O–H groups in total. The minimum Gasteiger partial charge on any atom is -0.480 e. The van der Waals surface area contributed by atoms with E-state index in [1.165, 1.54) is 6.07 Å². The molecule has 4 aromatic carbocycles. The zero-order valence-electron chi connectivity index (χ0n) is 21.0. The van der Waals surface area contributed by atoms with E-state index in [0.29, 0.717) is 5.39 Å². The SMILES string of the molecule is O=C(N[C@@H](CCCNS(=O)(=O)c1cccc2ccccc12)C(=O)O)OCC1c2ccccc2-c2ccccc21. The Morgan fingerprint density at radius 1 is 0.846 bits per heavy atom. The van der Waals surface area contributed by atoms with Gasteiger partial charge in [-0.25, -0.2) is 22.7 Å². The van der Waals surface area contributed by atoms with Gasteiger partial charge in [-0.05, 0) is 46.5 Å². The summed E-state index contributed by atoms with van der Waals surface area (Å²) in [5, 5.41) is 13.4. The summed E-state index contributed by atoms with van der Waals surface area (Å²) in [6, 6.07) is 26.9. The average molecular weight is 545 g/mol. The fourth-order valence-corrected chi connectivity index (χ4v) is 6.36. The molecule has 0 aromatic heterocycles. The van der Waals surface area contributed by atoms with Crippen LogP contribution in [0.1, 0.15) is 29.9 Å². The zero-order valence-corrected chi connectivity index (χ0v) is 21.9. The van der Waals surface area contributed by atoms with Gasteiger partial charge in [-0.15, -0.1) is 0 Å². The van der Waals surface area contributed by atoms with Crippen molar-refractivity contribution < 1.29 is 27.9 Å². The van der Waals surface area contributed by atoms with E-state index in [0.717, 1.165) is 27.6 Å². The first-order chi connectivity index (χ1) is 18.8. The van der Waals surface area contributed by atoms with E-state index >= 15 is 0 Å². The van der Waals surface area contributed by atoms with Gasteiger partial charge in [0.05, 0.1) is 4.90 Å². The van der Waals surface area contributed by atoms with Crippen molar-refractivity contribution in [1.82, 2.24) is 10.0 Å². The third kappa shape index (κ3) is 5.64. The van der Waals surface area contributed by atoms with Crippen molar-refractivity contribution in [1.29, 1.82) is 0 Å². The number of carbonyl (C=O) groups excluding carboxylic acids is 1. The predicted molar refractivity (Wildman–Crippen MR) is 148 cm³/mol. The van der Waals surface area contributed by atoms with Crippen LogP contribution in [0.4, 0.5) is 4.79 Å². The normalized spacial score (nSPS) is 13.4. The summed E-state index contributed by atoms with van der Waals surface area (Å²) < 4.78 is 33.7. The highest BCUT2D eigenvalue weighted by Crippen LogP contribution is 2.44. The Bertz CT molecular complexity index is 1580. The van der Waals surface area contributed by atoms with Crippen LogP contribution in [0.5, 0.6) is 0 Å². The van der Waals surface area contributed by atoms with Crippen LogP contribution in [-0.4, -0.2) is 44.8 Å². The van der Waals surface area contributed by atoms with Crippen LogP contribution < -0.4 is 10.0 Å². The first-order valence-electron chi connectivity index (χ1n) is 12.7. The number of fused-ring (bicyclic) bond motifs is 4. The number of benzene rings is 4. The maximum absolute atomic E-state index is 12.9. The Hall–Kier alpha value is -4.21. The Morgan fingerprint density at radius 2 is 1.46 bits per heavy atom. The van der Waals surface area contributed by atoms with E-state index in [9.17, 15) is 23.1 Å². The number of alkyl carbamates (subject to hydrolysis) is 1. The van der Waals surface area contributed by atoms with E-state index in [1.54, 1.807) is 18.2 Å². The molecule has 5 rings (SSSR count). The highest BCUT2D eigenvalue weighted by Gasteiger charge is 2.29. The highest BCUT2D eigenvalue weighted by atomic mass is 32.2. The second kappa shape index (κ2) is 11.3. The summed E-state index contributed by atoms with van der Waals surface area (Å²) in [4.78, 5) is 24.5. The molecule has 8 nitrogen and oxygen atoms in total. The third-order valence-electron chi connectivity index (χ3n) is 6.93. The standard InChI is InChI=1S/C30H28N2O6S/c33-29(34)27(16-8-18-31-39(36,37)28-17-7-10-20-9-1-2-11-21(20)28)32-30(35)38-19-26-24-14-5-3-12-22(24)23-13-4-6-15-25(23)26/h1-7,9-15,17,26-27,31H,8,16,18-19H2,(H,32,35)(H,33,34)/t27-/m0/s1. The smallest absolute Gasteiger partial charge is 0.407 e. The van der Waals surface area contributed by atoms with E-state index in [2.05, 4.69) is 10.0 Å². The second-order valence-electron chi connectivity index (χ2n) is 9.38. The van der Waals surface area contributed by atoms with Crippen LogP contribution in [0.15, 0.2) is 95.9 Å². The summed E-state index contributed by atoms with van der Waals surface area (Å²) in [6.45, 7) is 0.0821. The van der Waals surface area contributed by atoms with Crippen molar-refractivity contribution in [3.63, 3.8) is 0 Å². The molecule has 0 fully saturated rings. The first kappa shape index (κ1) is 26.4. The minimum atomic E-state index is -3.80. The number of hydrogen-bond acceptors (Lipinski definition) is 5. The first-order valence-corrected chi connectivity index (χ1v) is 14.2. The maximum Gasteiger partial charge on any atom is 0.407 e. The number of carboxylic acids is 1. The van der Waals surface area contributed by atoms with Gasteiger partial charge in [0.25, 0.3) is 0 Å². The lowest BCUT2D eigenvalue weighted by Gasteiger charge is -2.17. The molecule has 4 aromatic rings. The van der Waals surface area contributed by atoms with Gasteiger partial charge < -0.3 is 15.2 Å². The van der Waals surface area contributed by atoms with E-state index < -0.39 is 28.1 Å². The quantitative estimate of drug-likeness (QED) is 0.245. The number of carboxylic acid groups (broad SMARTS) is 1. The van der Waals surface area contributed by atoms with Crippen molar-refractivity contribution in [3.8, 4) is 11.1 Å². The Kier molecular flexibility index (Phi) is 7.63. The van der Waals surface area contributed by atoms with E-state index in [-0.39, 0.29) is 36.8 Å². The largest absolute Gasteiger partial charge is 0.480 e. The fourth-order valence-electron chi connectivity index (χ4n) is 5.06. The maximum atomic E-state index is 12.9. The topological polar surface area (TPSA) is 122 Å². The molecule has 1 aliphatic carbocycles. The summed E-state index contributed by atoms with van der Waals surface area (Å²) in [6.07, 6.45) is -0.608. The molecule has 0 aliphatic heterocycles. The van der Waals surface area contributed by atoms with Crippen LogP contribution in [-0.2, 0) is 19.6 Å². The van der Waals surface area contributed by atoms with Crippen molar-refractivity contribution in [2.45, 2.75) is 29.7 Å². The molecule has 0 bridgehead atoms. The molecule has 0 radical (unpaired) electrons. The Balaban J connectivity index is 1.15. The van der Waals surface area contributed by atoms with Gasteiger partial charge in [-0.2, -0.15) is 0 Å². The highest BCUT2D eigenvalue weighted by molar-refractivity contribution is 7.89. The van der Waals surface area contributed by atoms with Crippen molar-refractivity contribution in [2.75, 3.05) is 13.2 Å². The van der Waals surface area contributed by atoms with Crippen molar-refractivity contribution in [3.05, 3.63) is 102 Å². The summed E-state index contributed by atoms with van der Waals surface area (Å²) in [7, 11) is -3.80. The lowest BCUT2D eigenvalue weighted by molar-refractivity contribution is -0.139. The van der Waals surface area contributed by atoms with Gasteiger partial charge in [-0.3, -0.25) is 0 Å². The number of amides is 1. The number of carbonyl (C=O) groups is 2.